The zero-order valence-electron chi connectivity index (χ0n) is 17.8. The van der Waals surface area contributed by atoms with Crippen LogP contribution in [0.2, 0.25) is 0 Å². The Labute approximate surface area is 179 Å². The zero-order chi connectivity index (χ0) is 21.3. The minimum absolute atomic E-state index is 0.0637. The van der Waals surface area contributed by atoms with Gasteiger partial charge in [0.15, 0.2) is 5.16 Å². The van der Waals surface area contributed by atoms with Crippen molar-refractivity contribution < 1.29 is 4.79 Å². The molecule has 0 atom stereocenters. The van der Waals surface area contributed by atoms with Gasteiger partial charge in [-0.05, 0) is 69.9 Å². The molecule has 0 saturated carbocycles. The minimum Gasteiger partial charge on any atom is -0.353 e. The van der Waals surface area contributed by atoms with Gasteiger partial charge in [0.1, 0.15) is 4.83 Å². The maximum atomic E-state index is 13.6. The normalized spacial score (nSPS) is 11.4. The summed E-state index contributed by atoms with van der Waals surface area (Å²) in [5.41, 5.74) is 4.06. The third kappa shape index (κ3) is 4.41. The Morgan fingerprint density at radius 1 is 1.24 bits per heavy atom. The average Bonchev–Trinajstić information content (AvgIpc) is 2.97. The van der Waals surface area contributed by atoms with E-state index in [0.29, 0.717) is 10.5 Å². The van der Waals surface area contributed by atoms with E-state index in [1.807, 2.05) is 52.8 Å². The number of rotatable bonds is 6. The molecule has 0 aliphatic carbocycles. The van der Waals surface area contributed by atoms with Crippen LogP contribution in [0.4, 0.5) is 0 Å². The number of hydrogen-bond acceptors (Lipinski definition) is 5. The topological polar surface area (TPSA) is 64.0 Å². The Balaban J connectivity index is 2.18. The number of aryl methyl sites for hydroxylation is 4. The molecule has 0 saturated heterocycles. The summed E-state index contributed by atoms with van der Waals surface area (Å²) in [6, 6.07) is 6.04. The van der Waals surface area contributed by atoms with E-state index in [1.54, 1.807) is 15.9 Å². The van der Waals surface area contributed by atoms with Crippen LogP contribution in [0, 0.1) is 20.8 Å². The van der Waals surface area contributed by atoms with Crippen LogP contribution in [-0.4, -0.2) is 27.3 Å². The van der Waals surface area contributed by atoms with Crippen molar-refractivity contribution in [3.8, 4) is 5.69 Å². The number of amides is 1. The van der Waals surface area contributed by atoms with E-state index >= 15 is 0 Å². The summed E-state index contributed by atoms with van der Waals surface area (Å²) >= 11 is 2.85. The van der Waals surface area contributed by atoms with Crippen LogP contribution in [0.1, 0.15) is 42.3 Å². The number of carbonyl (C=O) groups is 1. The van der Waals surface area contributed by atoms with Crippen molar-refractivity contribution in [2.75, 3.05) is 5.75 Å². The summed E-state index contributed by atoms with van der Waals surface area (Å²) in [7, 11) is 0. The Kier molecular flexibility index (Phi) is 6.49. The molecule has 154 valence electrons. The van der Waals surface area contributed by atoms with Gasteiger partial charge in [-0.2, -0.15) is 0 Å². The second-order valence-electron chi connectivity index (χ2n) is 7.48. The van der Waals surface area contributed by atoms with E-state index in [9.17, 15) is 9.59 Å². The molecule has 0 spiro atoms. The highest BCUT2D eigenvalue weighted by Gasteiger charge is 2.20. The largest absolute Gasteiger partial charge is 0.353 e. The lowest BCUT2D eigenvalue weighted by molar-refractivity contribution is -0.119. The average molecular weight is 430 g/mol. The molecule has 0 aliphatic heterocycles. The van der Waals surface area contributed by atoms with Crippen LogP contribution in [0.15, 0.2) is 28.2 Å². The first-order valence-electron chi connectivity index (χ1n) is 9.77. The predicted molar refractivity (Wildman–Crippen MR) is 123 cm³/mol. The van der Waals surface area contributed by atoms with Crippen molar-refractivity contribution in [3.63, 3.8) is 0 Å². The lowest BCUT2D eigenvalue weighted by Gasteiger charge is -2.14. The molecule has 0 aliphatic rings. The molecule has 1 N–H and O–H groups in total. The standard InChI is InChI=1S/C22H27N3O2S2/c1-7-17-15(6)29-20-19(17)21(27)25(16-9-8-13(4)14(5)10-16)22(24-20)28-11-18(26)23-12(2)3/h8-10,12H,7,11H2,1-6H3,(H,23,26). The van der Waals surface area contributed by atoms with E-state index < -0.39 is 0 Å². The summed E-state index contributed by atoms with van der Waals surface area (Å²) in [6.45, 7) is 12.0. The number of thioether (sulfide) groups is 1. The first-order chi connectivity index (χ1) is 13.7. The number of nitrogens with one attached hydrogen (secondary N) is 1. The van der Waals surface area contributed by atoms with Gasteiger partial charge in [0.2, 0.25) is 5.91 Å². The molecule has 0 radical (unpaired) electrons. The van der Waals surface area contributed by atoms with Gasteiger partial charge in [0, 0.05) is 10.9 Å². The molecule has 0 fully saturated rings. The monoisotopic (exact) mass is 429 g/mol. The molecule has 5 nitrogen and oxygen atoms in total. The molecule has 0 bridgehead atoms. The summed E-state index contributed by atoms with van der Waals surface area (Å²) in [5.74, 6) is 0.147. The van der Waals surface area contributed by atoms with Gasteiger partial charge in [-0.3, -0.25) is 14.2 Å². The van der Waals surface area contributed by atoms with E-state index in [4.69, 9.17) is 4.98 Å². The van der Waals surface area contributed by atoms with E-state index in [-0.39, 0.29) is 23.3 Å². The Hall–Kier alpha value is -2.12. The third-order valence-electron chi connectivity index (χ3n) is 4.88. The van der Waals surface area contributed by atoms with Crippen molar-refractivity contribution in [2.45, 2.75) is 59.2 Å². The van der Waals surface area contributed by atoms with Gasteiger partial charge in [-0.25, -0.2) is 4.98 Å². The molecule has 1 amide bonds. The molecule has 2 aromatic heterocycles. The molecule has 2 heterocycles. The van der Waals surface area contributed by atoms with E-state index in [0.717, 1.165) is 32.9 Å². The van der Waals surface area contributed by atoms with Crippen molar-refractivity contribution in [2.24, 2.45) is 0 Å². The fourth-order valence-electron chi connectivity index (χ4n) is 3.31. The molecule has 7 heteroatoms. The fraction of sp³-hybridized carbons (Fsp3) is 0.409. The van der Waals surface area contributed by atoms with Crippen LogP contribution in [0.3, 0.4) is 0 Å². The van der Waals surface area contributed by atoms with Crippen molar-refractivity contribution in [1.29, 1.82) is 0 Å². The second kappa shape index (κ2) is 8.71. The number of hydrogen-bond donors (Lipinski definition) is 1. The quantitative estimate of drug-likeness (QED) is 0.461. The van der Waals surface area contributed by atoms with Crippen molar-refractivity contribution in [3.05, 3.63) is 50.1 Å². The number of nitrogens with zero attached hydrogens (tertiary/aromatic N) is 2. The Bertz CT molecular complexity index is 1130. The lowest BCUT2D eigenvalue weighted by Crippen LogP contribution is -2.32. The Morgan fingerprint density at radius 3 is 2.59 bits per heavy atom. The van der Waals surface area contributed by atoms with Crippen molar-refractivity contribution in [1.82, 2.24) is 14.9 Å². The molecule has 3 aromatic rings. The van der Waals surface area contributed by atoms with Gasteiger partial charge in [0.05, 0.1) is 16.8 Å². The summed E-state index contributed by atoms with van der Waals surface area (Å²) in [4.78, 5) is 32.4. The van der Waals surface area contributed by atoms with Crippen LogP contribution in [0.5, 0.6) is 0 Å². The first-order valence-corrected chi connectivity index (χ1v) is 11.6. The number of aromatic nitrogens is 2. The van der Waals surface area contributed by atoms with Gasteiger partial charge < -0.3 is 5.32 Å². The lowest BCUT2D eigenvalue weighted by atomic mass is 10.1. The summed E-state index contributed by atoms with van der Waals surface area (Å²) < 4.78 is 1.66. The maximum absolute atomic E-state index is 13.6. The molecule has 1 aromatic carbocycles. The zero-order valence-corrected chi connectivity index (χ0v) is 19.4. The second-order valence-corrected chi connectivity index (χ2v) is 9.63. The number of benzene rings is 1. The van der Waals surface area contributed by atoms with Crippen molar-refractivity contribution >= 4 is 39.2 Å². The van der Waals surface area contributed by atoms with E-state index in [1.165, 1.54) is 17.3 Å². The van der Waals surface area contributed by atoms with Gasteiger partial charge in [-0.1, -0.05) is 24.8 Å². The van der Waals surface area contributed by atoms with E-state index in [2.05, 4.69) is 12.2 Å². The van der Waals surface area contributed by atoms with Crippen LogP contribution in [-0.2, 0) is 11.2 Å². The van der Waals surface area contributed by atoms with Crippen LogP contribution < -0.4 is 10.9 Å². The third-order valence-corrected chi connectivity index (χ3v) is 6.86. The minimum atomic E-state index is -0.0670. The SMILES string of the molecule is CCc1c(C)sc2nc(SCC(=O)NC(C)C)n(-c3ccc(C)c(C)c3)c(=O)c12. The fourth-order valence-corrected chi connectivity index (χ4v) is 5.29. The summed E-state index contributed by atoms with van der Waals surface area (Å²) in [6.07, 6.45) is 0.791. The molecule has 29 heavy (non-hydrogen) atoms. The van der Waals surface area contributed by atoms with Crippen LogP contribution >= 0.6 is 23.1 Å². The van der Waals surface area contributed by atoms with Crippen LogP contribution in [0.25, 0.3) is 15.9 Å². The number of fused-ring (bicyclic) bond motifs is 1. The number of carbonyl (C=O) groups excluding carboxylic acids is 1. The highest BCUT2D eigenvalue weighted by atomic mass is 32.2. The maximum Gasteiger partial charge on any atom is 0.267 e. The highest BCUT2D eigenvalue weighted by Crippen LogP contribution is 2.30. The number of thiophene rings is 1. The molecule has 0 unspecified atom stereocenters. The molecule has 3 rings (SSSR count). The van der Waals surface area contributed by atoms with Gasteiger partial charge >= 0.3 is 0 Å². The first kappa shape index (κ1) is 21.6. The molecular formula is C22H27N3O2S2. The molecular weight excluding hydrogens is 402 g/mol. The van der Waals surface area contributed by atoms with Gasteiger partial charge in [0.25, 0.3) is 5.56 Å². The van der Waals surface area contributed by atoms with Gasteiger partial charge in [-0.15, -0.1) is 11.3 Å². The summed E-state index contributed by atoms with van der Waals surface area (Å²) in [5, 5.41) is 4.14. The Morgan fingerprint density at radius 2 is 1.97 bits per heavy atom. The highest BCUT2D eigenvalue weighted by molar-refractivity contribution is 7.99. The predicted octanol–water partition coefficient (Wildman–Crippen LogP) is 4.55. The smallest absolute Gasteiger partial charge is 0.267 e.